The van der Waals surface area contributed by atoms with Gasteiger partial charge in [0.2, 0.25) is 0 Å². The number of carbonyl (C=O) groups excluding carboxylic acids is 2. The number of hydrogen-bond acceptors (Lipinski definition) is 4. The second-order valence-electron chi connectivity index (χ2n) is 14.3. The van der Waals surface area contributed by atoms with Crippen molar-refractivity contribution in [2.24, 2.45) is 0 Å². The quantitative estimate of drug-likeness (QED) is 0.156. The lowest BCUT2D eigenvalue weighted by Gasteiger charge is -2.28. The van der Waals surface area contributed by atoms with Crippen LogP contribution in [0.3, 0.4) is 0 Å². The SMILES string of the molecule is CC1CCCN1C[C@@H](NC(=O)c1cc(C(F)(F)F)cc(Cl)c1F)c1ccccc1.CC1CCCN1C[C@@H](NC(=O)c1cccc(C(F)(F)F)c1F)c1ccccc1. The lowest BCUT2D eigenvalue weighted by molar-refractivity contribution is -0.140. The van der Waals surface area contributed by atoms with Crippen LogP contribution in [0.25, 0.3) is 0 Å². The zero-order valence-corrected chi connectivity index (χ0v) is 32.0. The van der Waals surface area contributed by atoms with Crippen molar-refractivity contribution in [3.05, 3.63) is 141 Å². The molecule has 306 valence electrons. The van der Waals surface area contributed by atoms with Crippen molar-refractivity contribution in [2.75, 3.05) is 26.2 Å². The van der Waals surface area contributed by atoms with Crippen molar-refractivity contribution in [3.8, 4) is 0 Å². The van der Waals surface area contributed by atoms with Crippen molar-refractivity contribution >= 4 is 23.4 Å². The fourth-order valence-electron chi connectivity index (χ4n) is 7.15. The molecule has 0 aliphatic carbocycles. The van der Waals surface area contributed by atoms with E-state index in [2.05, 4.69) is 34.3 Å². The Labute approximate surface area is 331 Å². The number of nitrogens with zero attached hydrogens (tertiary/aromatic N) is 2. The van der Waals surface area contributed by atoms with Crippen LogP contribution in [-0.2, 0) is 12.4 Å². The van der Waals surface area contributed by atoms with Gasteiger partial charge in [0.25, 0.3) is 11.8 Å². The normalized spacial score (nSPS) is 18.7. The second-order valence-corrected chi connectivity index (χ2v) is 14.7. The van der Waals surface area contributed by atoms with Gasteiger partial charge in [0.05, 0.1) is 39.4 Å². The van der Waals surface area contributed by atoms with E-state index in [9.17, 15) is 44.7 Å². The van der Waals surface area contributed by atoms with Crippen LogP contribution in [0.1, 0.15) is 94.6 Å². The minimum absolute atomic E-state index is 0.331. The number of halogens is 9. The number of hydrogen-bond donors (Lipinski definition) is 2. The first kappa shape index (κ1) is 43.6. The van der Waals surface area contributed by atoms with E-state index >= 15 is 0 Å². The Morgan fingerprint density at radius 1 is 0.667 bits per heavy atom. The molecule has 4 aromatic rings. The molecule has 15 heteroatoms. The molecule has 6 rings (SSSR count). The summed E-state index contributed by atoms with van der Waals surface area (Å²) in [6.07, 6.45) is -5.42. The summed E-state index contributed by atoms with van der Waals surface area (Å²) < 4.78 is 107. The average Bonchev–Trinajstić information content (AvgIpc) is 3.78. The zero-order chi connectivity index (χ0) is 41.5. The summed E-state index contributed by atoms with van der Waals surface area (Å²) in [4.78, 5) is 29.8. The number of alkyl halides is 6. The van der Waals surface area contributed by atoms with Gasteiger partial charge in [-0.1, -0.05) is 78.3 Å². The van der Waals surface area contributed by atoms with Crippen molar-refractivity contribution in [1.29, 1.82) is 0 Å². The third-order valence-electron chi connectivity index (χ3n) is 10.4. The third kappa shape index (κ3) is 11.3. The highest BCUT2D eigenvalue weighted by molar-refractivity contribution is 6.31. The van der Waals surface area contributed by atoms with E-state index in [1.807, 2.05) is 60.7 Å². The third-order valence-corrected chi connectivity index (χ3v) is 10.7. The number of benzene rings is 4. The molecule has 2 aliphatic rings. The van der Waals surface area contributed by atoms with Crippen LogP contribution in [0.5, 0.6) is 0 Å². The predicted octanol–water partition coefficient (Wildman–Crippen LogP) is 10.3. The maximum Gasteiger partial charge on any atom is 0.419 e. The molecule has 0 radical (unpaired) electrons. The molecule has 4 aromatic carbocycles. The van der Waals surface area contributed by atoms with E-state index in [4.69, 9.17) is 11.6 Å². The molecule has 0 aromatic heterocycles. The van der Waals surface area contributed by atoms with Crippen molar-refractivity contribution in [1.82, 2.24) is 20.4 Å². The summed E-state index contributed by atoms with van der Waals surface area (Å²) in [5.41, 5.74) is -2.32. The molecule has 2 aliphatic heterocycles. The van der Waals surface area contributed by atoms with Crippen molar-refractivity contribution in [3.63, 3.8) is 0 Å². The summed E-state index contributed by atoms with van der Waals surface area (Å²) in [6, 6.07) is 21.7. The van der Waals surface area contributed by atoms with E-state index in [1.165, 1.54) is 0 Å². The highest BCUT2D eigenvalue weighted by Crippen LogP contribution is 2.35. The molecular weight excluding hydrogens is 780 g/mol. The number of nitrogens with one attached hydrogen (secondary N) is 2. The van der Waals surface area contributed by atoms with Crippen LogP contribution < -0.4 is 10.6 Å². The minimum Gasteiger partial charge on any atom is -0.344 e. The molecule has 4 atom stereocenters. The Kier molecular flexibility index (Phi) is 14.4. The van der Waals surface area contributed by atoms with Gasteiger partial charge in [-0.25, -0.2) is 8.78 Å². The van der Waals surface area contributed by atoms with E-state index in [-0.39, 0.29) is 0 Å². The smallest absolute Gasteiger partial charge is 0.344 e. The predicted molar refractivity (Wildman–Crippen MR) is 202 cm³/mol. The number of amides is 2. The largest absolute Gasteiger partial charge is 0.419 e. The fourth-order valence-corrected chi connectivity index (χ4v) is 7.37. The van der Waals surface area contributed by atoms with Gasteiger partial charge in [-0.3, -0.25) is 19.4 Å². The summed E-state index contributed by atoms with van der Waals surface area (Å²) in [5, 5.41) is 4.68. The van der Waals surface area contributed by atoms with Gasteiger partial charge in [0, 0.05) is 25.2 Å². The topological polar surface area (TPSA) is 64.7 Å². The van der Waals surface area contributed by atoms with Gasteiger partial charge in [0.1, 0.15) is 5.82 Å². The Morgan fingerprint density at radius 2 is 1.14 bits per heavy atom. The van der Waals surface area contributed by atoms with Crippen molar-refractivity contribution in [2.45, 2.75) is 76.1 Å². The highest BCUT2D eigenvalue weighted by Gasteiger charge is 2.37. The molecule has 0 saturated carbocycles. The summed E-state index contributed by atoms with van der Waals surface area (Å²) in [5.74, 6) is -4.51. The average molecular weight is 823 g/mol. The molecule has 2 saturated heterocycles. The van der Waals surface area contributed by atoms with Gasteiger partial charge >= 0.3 is 12.4 Å². The van der Waals surface area contributed by atoms with Gasteiger partial charge in [-0.2, -0.15) is 26.3 Å². The number of likely N-dealkylation sites (tertiary alicyclic amines) is 2. The van der Waals surface area contributed by atoms with Crippen LogP contribution in [0, 0.1) is 11.6 Å². The lowest BCUT2D eigenvalue weighted by atomic mass is 10.0. The van der Waals surface area contributed by atoms with Gasteiger partial charge in [0.15, 0.2) is 5.82 Å². The highest BCUT2D eigenvalue weighted by atomic mass is 35.5. The van der Waals surface area contributed by atoms with Crippen LogP contribution in [0.2, 0.25) is 5.02 Å². The summed E-state index contributed by atoms with van der Waals surface area (Å²) in [6.45, 7) is 6.93. The van der Waals surface area contributed by atoms with E-state index < -0.39 is 75.2 Å². The van der Waals surface area contributed by atoms with Gasteiger partial charge < -0.3 is 10.6 Å². The molecule has 2 N–H and O–H groups in total. The van der Waals surface area contributed by atoms with Crippen LogP contribution in [0.15, 0.2) is 91.0 Å². The maximum atomic E-state index is 14.4. The summed E-state index contributed by atoms with van der Waals surface area (Å²) >= 11 is 5.62. The molecule has 2 unspecified atom stereocenters. The molecule has 0 spiro atoms. The number of carbonyl (C=O) groups is 2. The van der Waals surface area contributed by atoms with Gasteiger partial charge in [-0.15, -0.1) is 0 Å². The van der Waals surface area contributed by atoms with Crippen LogP contribution >= 0.6 is 11.6 Å². The molecule has 2 heterocycles. The Bertz CT molecular complexity index is 1980. The van der Waals surface area contributed by atoms with E-state index in [0.717, 1.165) is 62.0 Å². The molecule has 0 bridgehead atoms. The Morgan fingerprint density at radius 3 is 1.56 bits per heavy atom. The first-order valence-corrected chi connectivity index (χ1v) is 18.9. The molecule has 2 fully saturated rings. The minimum atomic E-state index is -4.86. The van der Waals surface area contributed by atoms with Crippen molar-refractivity contribution < 1.29 is 44.7 Å². The fraction of sp³-hybridized carbons (Fsp3) is 0.381. The van der Waals surface area contributed by atoms with Crippen LogP contribution in [-0.4, -0.2) is 59.9 Å². The first-order chi connectivity index (χ1) is 26.9. The molecule has 6 nitrogen and oxygen atoms in total. The molecule has 57 heavy (non-hydrogen) atoms. The Balaban J connectivity index is 0.000000218. The maximum absolute atomic E-state index is 14.4. The zero-order valence-electron chi connectivity index (χ0n) is 31.2. The van der Waals surface area contributed by atoms with Gasteiger partial charge in [-0.05, 0) is 88.0 Å². The monoisotopic (exact) mass is 822 g/mol. The Hall–Kier alpha value is -4.53. The lowest BCUT2D eigenvalue weighted by Crippen LogP contribution is -2.39. The number of rotatable bonds is 10. The van der Waals surface area contributed by atoms with E-state index in [0.29, 0.717) is 43.4 Å². The summed E-state index contributed by atoms with van der Waals surface area (Å²) in [7, 11) is 0. The first-order valence-electron chi connectivity index (χ1n) is 18.6. The second kappa shape index (κ2) is 18.8. The van der Waals surface area contributed by atoms with Crippen LogP contribution in [0.4, 0.5) is 35.1 Å². The molecular formula is C42H43ClF8N4O2. The van der Waals surface area contributed by atoms with E-state index in [1.54, 1.807) is 0 Å². The standard InChI is InChI=1S/C21H21ClF4N2O.C21H22F4N2O/c1-13-6-5-9-28(13)12-18(14-7-3-2-4-8-14)27-20(29)16-10-15(21(24,25)26)11-17(22)19(16)23;1-14-7-6-12-27(14)13-18(15-8-3-2-4-9-15)26-20(28)16-10-5-11-17(19(16)22)21(23,24)25/h2-4,7-8,10-11,13,18H,5-6,9,12H2,1H3,(H,27,29);2-5,8-11,14,18H,6-7,12-13H2,1H3,(H,26,28)/t13?,18-;14?,18-/m11/s1. The molecule has 2 amide bonds.